The molecule has 0 radical (unpaired) electrons. The molecule has 9 heteroatoms. The third kappa shape index (κ3) is 40.7. The average Bonchev–Trinajstić information content (AvgIpc) is 3.07. The molecule has 0 saturated heterocycles. The average molecular weight is 689 g/mol. The quantitative estimate of drug-likeness (QED) is 0.0186. The molecule has 1 atom stereocenters. The Morgan fingerprint density at radius 1 is 0.653 bits per heavy atom. The van der Waals surface area contributed by atoms with Crippen molar-refractivity contribution in [3.63, 3.8) is 0 Å². The fraction of sp³-hybridized carbons (Fsp3) is 0.700. The van der Waals surface area contributed by atoms with Crippen LogP contribution in [0.1, 0.15) is 162 Å². The van der Waals surface area contributed by atoms with Crippen molar-refractivity contribution in [3.8, 4) is 0 Å². The molecule has 0 aliphatic heterocycles. The van der Waals surface area contributed by atoms with Crippen LogP contribution in [0, 0.1) is 0 Å². The lowest BCUT2D eigenvalue weighted by Crippen LogP contribution is -2.42. The monoisotopic (exact) mass is 689 g/mol. The predicted molar refractivity (Wildman–Crippen MR) is 206 cm³/mol. The largest absolute Gasteiger partial charge is 0.481 e. The van der Waals surface area contributed by atoms with Gasteiger partial charge in [-0.3, -0.25) is 14.6 Å². The second-order valence-corrected chi connectivity index (χ2v) is 12.3. The van der Waals surface area contributed by atoms with Crippen molar-refractivity contribution >= 4 is 23.8 Å². The zero-order valence-corrected chi connectivity index (χ0v) is 31.3. The standard InChI is InChI=1S/C20H40N4O3.C20H32O2/c1-3-5-6-7-8-9-10-11-12-15-18(25)24-17(19(26)27-4-2)14-13-16-23-20(21)22;1-2-3-4-5-6-7-8-9-10-11-12-13-14-15-16-17-18-19-20(21)22/h17H,3-16H2,1-2H3,(H,24,25)(H4,21,22,23);6-7,9-10,12-13,15-16H,2-5,8,11,14,17-19H2,1H3,(H,21,22)/b;7-6+,10-9+,13-12+,16-15+/t17-;/m0./s1. The molecule has 0 aromatic heterocycles. The van der Waals surface area contributed by atoms with Gasteiger partial charge in [0.25, 0.3) is 0 Å². The number of allylic oxidation sites excluding steroid dienone is 8. The van der Waals surface area contributed by atoms with Crippen molar-refractivity contribution < 1.29 is 24.2 Å². The highest BCUT2D eigenvalue weighted by Crippen LogP contribution is 2.11. The van der Waals surface area contributed by atoms with Crippen molar-refractivity contribution in [2.45, 2.75) is 168 Å². The highest BCUT2D eigenvalue weighted by molar-refractivity contribution is 5.84. The number of aliphatic carboxylic acids is 1. The Hall–Kier alpha value is -3.36. The molecular weight excluding hydrogens is 616 g/mol. The number of hydrogen-bond donors (Lipinski definition) is 4. The van der Waals surface area contributed by atoms with E-state index in [1.165, 1.54) is 70.6 Å². The van der Waals surface area contributed by atoms with Crippen molar-refractivity contribution in [2.75, 3.05) is 13.2 Å². The van der Waals surface area contributed by atoms with E-state index in [4.69, 9.17) is 21.3 Å². The summed E-state index contributed by atoms with van der Waals surface area (Å²) in [4.78, 5) is 38.3. The second-order valence-electron chi connectivity index (χ2n) is 12.3. The van der Waals surface area contributed by atoms with E-state index in [-0.39, 0.29) is 24.9 Å². The maximum atomic E-state index is 12.1. The maximum Gasteiger partial charge on any atom is 0.328 e. The summed E-state index contributed by atoms with van der Waals surface area (Å²) in [6.45, 7) is 6.92. The van der Waals surface area contributed by atoms with E-state index < -0.39 is 18.0 Å². The molecule has 0 spiro atoms. The molecule has 1 amide bonds. The van der Waals surface area contributed by atoms with Crippen molar-refractivity contribution in [3.05, 3.63) is 48.6 Å². The smallest absolute Gasteiger partial charge is 0.328 e. The number of carboxylic acid groups (broad SMARTS) is 1. The number of carboxylic acids is 1. The van der Waals surface area contributed by atoms with Gasteiger partial charge in [-0.2, -0.15) is 0 Å². The van der Waals surface area contributed by atoms with Crippen LogP contribution in [0.25, 0.3) is 0 Å². The van der Waals surface area contributed by atoms with E-state index in [0.29, 0.717) is 25.8 Å². The molecular formula is C40H72N4O5. The Labute approximate surface area is 299 Å². The summed E-state index contributed by atoms with van der Waals surface area (Å²) in [5.74, 6) is -1.19. The molecule has 282 valence electrons. The SMILES string of the molecule is CCCCC/C=C/C/C=C/C/C=C/C/C=C/CCCC(=O)O.CCCCCCCCCCCC(=O)N[C@@H](CCCN=C(N)N)C(=O)OCC. The lowest BCUT2D eigenvalue weighted by atomic mass is 10.1. The summed E-state index contributed by atoms with van der Waals surface area (Å²) < 4.78 is 5.04. The minimum atomic E-state index is -0.712. The van der Waals surface area contributed by atoms with Crippen molar-refractivity contribution in [1.82, 2.24) is 5.32 Å². The topological polar surface area (TPSA) is 157 Å². The fourth-order valence-corrected chi connectivity index (χ4v) is 4.79. The van der Waals surface area contributed by atoms with Crippen LogP contribution in [0.2, 0.25) is 0 Å². The van der Waals surface area contributed by atoms with Gasteiger partial charge in [-0.1, -0.05) is 127 Å². The first-order valence-corrected chi connectivity index (χ1v) is 19.1. The summed E-state index contributed by atoms with van der Waals surface area (Å²) in [5.41, 5.74) is 10.6. The molecule has 0 aromatic carbocycles. The second kappa shape index (κ2) is 39.1. The molecule has 0 aliphatic carbocycles. The Bertz CT molecular complexity index is 939. The molecule has 0 bridgehead atoms. The third-order valence-electron chi connectivity index (χ3n) is 7.58. The number of guanidine groups is 1. The number of carbonyl (C=O) groups excluding carboxylic acids is 2. The summed E-state index contributed by atoms with van der Waals surface area (Å²) in [6.07, 6.45) is 39.7. The molecule has 0 saturated carbocycles. The number of rotatable bonds is 31. The molecule has 0 aromatic rings. The summed E-state index contributed by atoms with van der Waals surface area (Å²) in [7, 11) is 0. The van der Waals surface area contributed by atoms with Gasteiger partial charge in [0, 0.05) is 19.4 Å². The molecule has 0 aliphatic rings. The van der Waals surface area contributed by atoms with Crippen LogP contribution in [0.3, 0.4) is 0 Å². The number of nitrogens with two attached hydrogens (primary N) is 2. The molecule has 0 rings (SSSR count). The number of nitrogens with one attached hydrogen (secondary N) is 1. The Balaban J connectivity index is 0. The van der Waals surface area contributed by atoms with E-state index in [0.717, 1.165) is 44.9 Å². The lowest BCUT2D eigenvalue weighted by molar-refractivity contribution is -0.147. The van der Waals surface area contributed by atoms with Gasteiger partial charge < -0.3 is 26.6 Å². The first-order chi connectivity index (χ1) is 23.8. The zero-order valence-electron chi connectivity index (χ0n) is 31.3. The van der Waals surface area contributed by atoms with E-state index in [1.807, 2.05) is 0 Å². The van der Waals surface area contributed by atoms with Gasteiger partial charge >= 0.3 is 11.9 Å². The Morgan fingerprint density at radius 2 is 1.14 bits per heavy atom. The van der Waals surface area contributed by atoms with Gasteiger partial charge in [0.1, 0.15) is 6.04 Å². The van der Waals surface area contributed by atoms with Crippen LogP contribution < -0.4 is 16.8 Å². The van der Waals surface area contributed by atoms with Gasteiger partial charge in [-0.05, 0) is 71.1 Å². The molecule has 0 heterocycles. The van der Waals surface area contributed by atoms with Crippen LogP contribution in [0.15, 0.2) is 53.6 Å². The van der Waals surface area contributed by atoms with E-state index >= 15 is 0 Å². The van der Waals surface area contributed by atoms with E-state index in [1.54, 1.807) is 6.92 Å². The van der Waals surface area contributed by atoms with Gasteiger partial charge in [0.05, 0.1) is 6.61 Å². The molecule has 49 heavy (non-hydrogen) atoms. The van der Waals surface area contributed by atoms with Crippen LogP contribution in [-0.2, 0) is 19.1 Å². The Morgan fingerprint density at radius 3 is 1.65 bits per heavy atom. The maximum absolute atomic E-state index is 12.1. The van der Waals surface area contributed by atoms with Gasteiger partial charge in [-0.15, -0.1) is 0 Å². The predicted octanol–water partition coefficient (Wildman–Crippen LogP) is 9.23. The van der Waals surface area contributed by atoms with Crippen molar-refractivity contribution in [2.24, 2.45) is 16.5 Å². The minimum Gasteiger partial charge on any atom is -0.481 e. The lowest BCUT2D eigenvalue weighted by Gasteiger charge is -2.17. The first kappa shape index (κ1) is 47.8. The van der Waals surface area contributed by atoms with Crippen LogP contribution >= 0.6 is 0 Å². The number of hydrogen-bond acceptors (Lipinski definition) is 5. The van der Waals surface area contributed by atoms with E-state index in [2.05, 4.69) is 72.8 Å². The van der Waals surface area contributed by atoms with Crippen LogP contribution in [0.5, 0.6) is 0 Å². The number of nitrogens with zero attached hydrogens (tertiary/aromatic N) is 1. The van der Waals surface area contributed by atoms with E-state index in [9.17, 15) is 14.4 Å². The summed E-state index contributed by atoms with van der Waals surface area (Å²) in [6, 6.07) is -0.634. The zero-order chi connectivity index (χ0) is 36.6. The summed E-state index contributed by atoms with van der Waals surface area (Å²) >= 11 is 0. The molecule has 9 nitrogen and oxygen atoms in total. The molecule has 0 fully saturated rings. The van der Waals surface area contributed by atoms with Crippen LogP contribution in [0.4, 0.5) is 0 Å². The highest BCUT2D eigenvalue weighted by Gasteiger charge is 2.21. The van der Waals surface area contributed by atoms with Gasteiger partial charge in [0.2, 0.25) is 5.91 Å². The number of carbonyl (C=O) groups is 3. The number of esters is 1. The summed E-state index contributed by atoms with van der Waals surface area (Å²) in [5, 5.41) is 11.3. The number of unbranched alkanes of at least 4 members (excludes halogenated alkanes) is 12. The first-order valence-electron chi connectivity index (χ1n) is 19.1. The fourth-order valence-electron chi connectivity index (χ4n) is 4.79. The number of amides is 1. The van der Waals surface area contributed by atoms with Gasteiger partial charge in [0.15, 0.2) is 5.96 Å². The van der Waals surface area contributed by atoms with Crippen molar-refractivity contribution in [1.29, 1.82) is 0 Å². The van der Waals surface area contributed by atoms with Crippen LogP contribution in [-0.4, -0.2) is 48.1 Å². The third-order valence-corrected chi connectivity index (χ3v) is 7.58. The molecule has 6 N–H and O–H groups in total. The minimum absolute atomic E-state index is 0.0251. The van der Waals surface area contributed by atoms with Gasteiger partial charge in [-0.25, -0.2) is 4.79 Å². The normalized spacial score (nSPS) is 12.0. The number of aliphatic imine (C=N–C) groups is 1. The highest BCUT2D eigenvalue weighted by atomic mass is 16.5. The number of ether oxygens (including phenoxy) is 1. The molecule has 0 unspecified atom stereocenters. The Kier molecular flexibility index (Phi) is 38.1.